The van der Waals surface area contributed by atoms with Crippen molar-refractivity contribution in [3.63, 3.8) is 0 Å². The average Bonchev–Trinajstić information content (AvgIpc) is 2.86. The standard InChI is InChI=1S/C12H19NS/c1-13-12(10-5-2-3-6-10)9-11-7-4-8-14-11/h4,7-8,10,12-13H,2-3,5-6,9H2,1H3. The van der Waals surface area contributed by atoms with Crippen molar-refractivity contribution < 1.29 is 0 Å². The molecule has 1 N–H and O–H groups in total. The van der Waals surface area contributed by atoms with E-state index in [2.05, 4.69) is 29.9 Å². The minimum absolute atomic E-state index is 0.705. The second kappa shape index (κ2) is 4.94. The predicted molar refractivity (Wildman–Crippen MR) is 62.8 cm³/mol. The van der Waals surface area contributed by atoms with Crippen LogP contribution < -0.4 is 5.32 Å². The van der Waals surface area contributed by atoms with Crippen LogP contribution in [0.4, 0.5) is 0 Å². The number of nitrogens with one attached hydrogen (secondary N) is 1. The van der Waals surface area contributed by atoms with E-state index in [0.29, 0.717) is 6.04 Å². The SMILES string of the molecule is CNC(Cc1cccs1)C1CCCC1. The third-order valence-electron chi connectivity index (χ3n) is 3.34. The van der Waals surface area contributed by atoms with E-state index in [9.17, 15) is 0 Å². The van der Waals surface area contributed by atoms with Gasteiger partial charge in [-0.3, -0.25) is 0 Å². The summed E-state index contributed by atoms with van der Waals surface area (Å²) in [5.41, 5.74) is 0. The summed E-state index contributed by atoms with van der Waals surface area (Å²) < 4.78 is 0. The van der Waals surface area contributed by atoms with Gasteiger partial charge in [-0.05, 0) is 43.7 Å². The first-order chi connectivity index (χ1) is 6.90. The molecule has 1 fully saturated rings. The van der Waals surface area contributed by atoms with Crippen LogP contribution in [0.25, 0.3) is 0 Å². The first kappa shape index (κ1) is 10.2. The number of hydrogen-bond donors (Lipinski definition) is 1. The van der Waals surface area contributed by atoms with Gasteiger partial charge in [0.2, 0.25) is 0 Å². The van der Waals surface area contributed by atoms with Crippen molar-refractivity contribution >= 4 is 11.3 Å². The van der Waals surface area contributed by atoms with Crippen LogP contribution in [0.1, 0.15) is 30.6 Å². The molecule has 1 saturated carbocycles. The van der Waals surface area contributed by atoms with Gasteiger partial charge >= 0.3 is 0 Å². The van der Waals surface area contributed by atoms with Crippen LogP contribution in [0.3, 0.4) is 0 Å². The van der Waals surface area contributed by atoms with Gasteiger partial charge in [0.25, 0.3) is 0 Å². The molecule has 1 aromatic heterocycles. The van der Waals surface area contributed by atoms with E-state index in [4.69, 9.17) is 0 Å². The molecule has 1 aliphatic carbocycles. The number of hydrogen-bond acceptors (Lipinski definition) is 2. The van der Waals surface area contributed by atoms with E-state index in [0.717, 1.165) is 5.92 Å². The van der Waals surface area contributed by atoms with Crippen molar-refractivity contribution in [3.8, 4) is 0 Å². The van der Waals surface area contributed by atoms with Crippen LogP contribution in [-0.4, -0.2) is 13.1 Å². The van der Waals surface area contributed by atoms with Gasteiger partial charge in [-0.1, -0.05) is 18.9 Å². The highest BCUT2D eigenvalue weighted by Crippen LogP contribution is 2.29. The highest BCUT2D eigenvalue weighted by Gasteiger charge is 2.23. The van der Waals surface area contributed by atoms with Gasteiger partial charge in [0.15, 0.2) is 0 Å². The number of rotatable bonds is 4. The molecule has 1 aromatic rings. The molecule has 14 heavy (non-hydrogen) atoms. The fourth-order valence-electron chi connectivity index (χ4n) is 2.51. The lowest BCUT2D eigenvalue weighted by atomic mass is 9.95. The van der Waals surface area contributed by atoms with Gasteiger partial charge in [-0.2, -0.15) is 0 Å². The molecule has 1 aliphatic rings. The van der Waals surface area contributed by atoms with Crippen LogP contribution in [0, 0.1) is 5.92 Å². The van der Waals surface area contributed by atoms with Gasteiger partial charge in [-0.25, -0.2) is 0 Å². The van der Waals surface area contributed by atoms with Crippen LogP contribution in [-0.2, 0) is 6.42 Å². The van der Waals surface area contributed by atoms with Crippen molar-refractivity contribution in [2.24, 2.45) is 5.92 Å². The van der Waals surface area contributed by atoms with Crippen molar-refractivity contribution in [2.45, 2.75) is 38.1 Å². The molecule has 0 aromatic carbocycles. The molecule has 0 radical (unpaired) electrons. The smallest absolute Gasteiger partial charge is 0.0141 e. The van der Waals surface area contributed by atoms with Gasteiger partial charge in [-0.15, -0.1) is 11.3 Å². The Bertz CT molecular complexity index is 249. The van der Waals surface area contributed by atoms with Crippen LogP contribution in [0.5, 0.6) is 0 Å². The van der Waals surface area contributed by atoms with Crippen LogP contribution in [0.2, 0.25) is 0 Å². The Hall–Kier alpha value is -0.340. The Balaban J connectivity index is 1.92. The summed E-state index contributed by atoms with van der Waals surface area (Å²) >= 11 is 1.89. The Morgan fingerprint density at radius 1 is 1.50 bits per heavy atom. The Morgan fingerprint density at radius 3 is 2.86 bits per heavy atom. The minimum atomic E-state index is 0.705. The molecule has 0 aliphatic heterocycles. The summed E-state index contributed by atoms with van der Waals surface area (Å²) in [5.74, 6) is 0.919. The lowest BCUT2D eigenvalue weighted by Gasteiger charge is -2.22. The molecule has 78 valence electrons. The largest absolute Gasteiger partial charge is 0.316 e. The third-order valence-corrected chi connectivity index (χ3v) is 4.24. The summed E-state index contributed by atoms with van der Waals surface area (Å²) in [6, 6.07) is 5.11. The molecule has 0 bridgehead atoms. The van der Waals surface area contributed by atoms with Crippen LogP contribution in [0.15, 0.2) is 17.5 Å². The maximum atomic E-state index is 3.49. The van der Waals surface area contributed by atoms with Crippen LogP contribution >= 0.6 is 11.3 Å². The van der Waals surface area contributed by atoms with E-state index < -0.39 is 0 Å². The van der Waals surface area contributed by atoms with E-state index >= 15 is 0 Å². The minimum Gasteiger partial charge on any atom is -0.316 e. The van der Waals surface area contributed by atoms with E-state index in [1.165, 1.54) is 37.0 Å². The third kappa shape index (κ3) is 2.37. The molecule has 0 amide bonds. The average molecular weight is 209 g/mol. The fraction of sp³-hybridized carbons (Fsp3) is 0.667. The maximum absolute atomic E-state index is 3.49. The Kier molecular flexibility index (Phi) is 3.60. The van der Waals surface area contributed by atoms with E-state index in [1.807, 2.05) is 11.3 Å². The number of likely N-dealkylation sites (N-methyl/N-ethyl adjacent to an activating group) is 1. The summed E-state index contributed by atoms with van der Waals surface area (Å²) in [5, 5.41) is 5.67. The highest BCUT2D eigenvalue weighted by atomic mass is 32.1. The second-order valence-corrected chi connectivity index (χ2v) is 5.26. The maximum Gasteiger partial charge on any atom is 0.0141 e. The lowest BCUT2D eigenvalue weighted by Crippen LogP contribution is -2.34. The van der Waals surface area contributed by atoms with Gasteiger partial charge in [0.05, 0.1) is 0 Å². The molecule has 2 rings (SSSR count). The molecule has 2 heteroatoms. The monoisotopic (exact) mass is 209 g/mol. The topological polar surface area (TPSA) is 12.0 Å². The number of thiophene rings is 1. The molecule has 1 atom stereocenters. The fourth-order valence-corrected chi connectivity index (χ4v) is 3.27. The molecule has 0 saturated heterocycles. The molecule has 1 nitrogen and oxygen atoms in total. The summed E-state index contributed by atoms with van der Waals surface area (Å²) in [4.78, 5) is 1.52. The molecule has 1 heterocycles. The zero-order chi connectivity index (χ0) is 9.80. The quantitative estimate of drug-likeness (QED) is 0.803. The van der Waals surface area contributed by atoms with E-state index in [-0.39, 0.29) is 0 Å². The molecular weight excluding hydrogens is 190 g/mol. The van der Waals surface area contributed by atoms with Gasteiger partial charge in [0, 0.05) is 10.9 Å². The van der Waals surface area contributed by atoms with Gasteiger partial charge in [0.1, 0.15) is 0 Å². The van der Waals surface area contributed by atoms with E-state index in [1.54, 1.807) is 0 Å². The van der Waals surface area contributed by atoms with Crippen molar-refractivity contribution in [2.75, 3.05) is 7.05 Å². The normalized spacial score (nSPS) is 20.1. The Morgan fingerprint density at radius 2 is 2.29 bits per heavy atom. The van der Waals surface area contributed by atoms with Crippen molar-refractivity contribution in [3.05, 3.63) is 22.4 Å². The first-order valence-electron chi connectivity index (χ1n) is 5.60. The first-order valence-corrected chi connectivity index (χ1v) is 6.48. The zero-order valence-corrected chi connectivity index (χ0v) is 9.65. The highest BCUT2D eigenvalue weighted by molar-refractivity contribution is 7.09. The molecular formula is C12H19NS. The lowest BCUT2D eigenvalue weighted by molar-refractivity contribution is 0.379. The Labute approximate surface area is 90.5 Å². The van der Waals surface area contributed by atoms with Crippen molar-refractivity contribution in [1.82, 2.24) is 5.32 Å². The second-order valence-electron chi connectivity index (χ2n) is 4.22. The molecule has 1 unspecified atom stereocenters. The zero-order valence-electron chi connectivity index (χ0n) is 8.83. The van der Waals surface area contributed by atoms with Gasteiger partial charge < -0.3 is 5.32 Å². The molecule has 0 spiro atoms. The summed E-state index contributed by atoms with van der Waals surface area (Å²) in [7, 11) is 2.11. The predicted octanol–water partition coefficient (Wildman–Crippen LogP) is 3.07. The summed E-state index contributed by atoms with van der Waals surface area (Å²) in [6.07, 6.45) is 6.95. The summed E-state index contributed by atoms with van der Waals surface area (Å²) in [6.45, 7) is 0. The van der Waals surface area contributed by atoms with Crippen molar-refractivity contribution in [1.29, 1.82) is 0 Å².